The number of fused-ring (bicyclic) bond motifs is 1. The van der Waals surface area contributed by atoms with Crippen LogP contribution in [0, 0.1) is 16.7 Å². The number of aromatic nitrogens is 1. The van der Waals surface area contributed by atoms with E-state index < -0.39 is 11.4 Å². The van der Waals surface area contributed by atoms with Crippen LogP contribution < -0.4 is 15.4 Å². The van der Waals surface area contributed by atoms with E-state index in [0.717, 1.165) is 26.3 Å². The third-order valence-electron chi connectivity index (χ3n) is 7.45. The van der Waals surface area contributed by atoms with E-state index in [1.807, 2.05) is 6.92 Å². The van der Waals surface area contributed by atoms with Crippen molar-refractivity contribution in [2.24, 2.45) is 5.41 Å². The summed E-state index contributed by atoms with van der Waals surface area (Å²) in [6.45, 7) is 6.94. The fourth-order valence-corrected chi connectivity index (χ4v) is 5.61. The normalized spacial score (nSPS) is 24.5. The van der Waals surface area contributed by atoms with Gasteiger partial charge in [0.25, 0.3) is 5.91 Å². The topological polar surface area (TPSA) is 120 Å². The van der Waals surface area contributed by atoms with E-state index in [0.29, 0.717) is 48.1 Å². The zero-order valence-electron chi connectivity index (χ0n) is 19.4. The Kier molecular flexibility index (Phi) is 4.95. The molecule has 0 unspecified atom stereocenters. The van der Waals surface area contributed by atoms with Crippen molar-refractivity contribution < 1.29 is 19.1 Å². The lowest BCUT2D eigenvalue weighted by Gasteiger charge is -2.62. The molecule has 1 atom stereocenters. The molecular formula is C25H26N6O4. The minimum atomic E-state index is -1.57. The van der Waals surface area contributed by atoms with Crippen LogP contribution in [0.25, 0.3) is 0 Å². The number of nitrogens with zero attached hydrogens (tertiary/aromatic N) is 4. The molecule has 10 nitrogen and oxygen atoms in total. The molecule has 10 heteroatoms. The maximum atomic E-state index is 13.6. The zero-order chi connectivity index (χ0) is 24.2. The van der Waals surface area contributed by atoms with Crippen LogP contribution in [-0.2, 0) is 15.1 Å². The number of likely N-dealkylation sites (tertiary alicyclic amines) is 2. The molecule has 0 bridgehead atoms. The number of hydrogen-bond donors (Lipinski definition) is 2. The second-order valence-corrected chi connectivity index (χ2v) is 9.75. The zero-order valence-corrected chi connectivity index (χ0v) is 19.4. The summed E-state index contributed by atoms with van der Waals surface area (Å²) in [5, 5.41) is 15.4. The number of anilines is 1. The Labute approximate surface area is 202 Å². The van der Waals surface area contributed by atoms with Gasteiger partial charge in [0.15, 0.2) is 5.54 Å². The molecule has 2 N–H and O–H groups in total. The van der Waals surface area contributed by atoms with E-state index in [4.69, 9.17) is 9.47 Å². The van der Waals surface area contributed by atoms with Crippen LogP contribution in [0.15, 0.2) is 36.5 Å². The monoisotopic (exact) mass is 474 g/mol. The SMILES string of the molecule is CCOc1ncccc1[C@]1(NC(=O)N2CC3(C2)CN(C2COC2)C3)C(=O)Nc2ccc(C#N)cc21. The Morgan fingerprint density at radius 3 is 2.77 bits per heavy atom. The number of pyridine rings is 1. The van der Waals surface area contributed by atoms with E-state index in [2.05, 4.69) is 26.6 Å². The molecule has 0 aliphatic carbocycles. The van der Waals surface area contributed by atoms with Gasteiger partial charge in [-0.3, -0.25) is 9.69 Å². The highest BCUT2D eigenvalue weighted by atomic mass is 16.5. The highest BCUT2D eigenvalue weighted by Gasteiger charge is 2.57. The van der Waals surface area contributed by atoms with E-state index in [9.17, 15) is 14.9 Å². The summed E-state index contributed by atoms with van der Waals surface area (Å²) < 4.78 is 11.0. The van der Waals surface area contributed by atoms with Crippen molar-refractivity contribution in [3.8, 4) is 11.9 Å². The van der Waals surface area contributed by atoms with Crippen LogP contribution in [-0.4, -0.2) is 78.8 Å². The first kappa shape index (κ1) is 21.8. The van der Waals surface area contributed by atoms with Crippen molar-refractivity contribution in [1.82, 2.24) is 20.1 Å². The lowest BCUT2D eigenvalue weighted by Crippen LogP contribution is -2.77. The Bertz CT molecular complexity index is 1240. The van der Waals surface area contributed by atoms with Gasteiger partial charge in [0, 0.05) is 49.0 Å². The summed E-state index contributed by atoms with van der Waals surface area (Å²) in [6.07, 6.45) is 1.58. The summed E-state index contributed by atoms with van der Waals surface area (Å²) in [5.41, 5.74) is 0.399. The predicted octanol–water partition coefficient (Wildman–Crippen LogP) is 1.27. The second-order valence-electron chi connectivity index (χ2n) is 9.75. The Morgan fingerprint density at radius 1 is 1.29 bits per heavy atom. The molecule has 5 heterocycles. The minimum Gasteiger partial charge on any atom is -0.478 e. The van der Waals surface area contributed by atoms with Gasteiger partial charge < -0.3 is 25.0 Å². The highest BCUT2D eigenvalue weighted by Crippen LogP contribution is 2.46. The van der Waals surface area contributed by atoms with Crippen LogP contribution in [0.3, 0.4) is 0 Å². The van der Waals surface area contributed by atoms with E-state index >= 15 is 0 Å². The van der Waals surface area contributed by atoms with Gasteiger partial charge in [-0.25, -0.2) is 9.78 Å². The standard InChI is InChI=1S/C25H26N6O4/c1-2-35-21-18(4-3-7-27-21)25(19-8-16(9-26)5-6-20(19)28-22(25)32)29-23(33)31-14-24(15-31)12-30(13-24)17-10-34-11-17/h3-8,17H,2,10-15H2,1H3,(H,28,32)(H,29,33)/t25-/m1/s1. The van der Waals surface area contributed by atoms with Gasteiger partial charge in [0.05, 0.1) is 43.1 Å². The van der Waals surface area contributed by atoms with E-state index in [-0.39, 0.29) is 17.3 Å². The molecule has 0 saturated carbocycles. The first-order valence-electron chi connectivity index (χ1n) is 11.8. The summed E-state index contributed by atoms with van der Waals surface area (Å²) >= 11 is 0. The predicted molar refractivity (Wildman–Crippen MR) is 125 cm³/mol. The van der Waals surface area contributed by atoms with Gasteiger partial charge in [0.2, 0.25) is 5.88 Å². The lowest BCUT2D eigenvalue weighted by molar-refractivity contribution is -0.165. The van der Waals surface area contributed by atoms with E-state index in [1.54, 1.807) is 41.4 Å². The molecule has 3 amide bonds. The third-order valence-corrected chi connectivity index (χ3v) is 7.45. The summed E-state index contributed by atoms with van der Waals surface area (Å²) in [4.78, 5) is 35.6. The fourth-order valence-electron chi connectivity index (χ4n) is 5.61. The molecule has 1 aromatic carbocycles. The molecule has 1 spiro atoms. The highest BCUT2D eigenvalue weighted by molar-refractivity contribution is 6.10. The number of nitriles is 1. The average molecular weight is 475 g/mol. The minimum absolute atomic E-state index is 0.120. The number of amides is 3. The number of carbonyl (C=O) groups excluding carboxylic acids is 2. The van der Waals surface area contributed by atoms with Gasteiger partial charge in [-0.1, -0.05) is 0 Å². The fraction of sp³-hybridized carbons (Fsp3) is 0.440. The number of ether oxygens (including phenoxy) is 2. The molecule has 35 heavy (non-hydrogen) atoms. The quantitative estimate of drug-likeness (QED) is 0.670. The van der Waals surface area contributed by atoms with Crippen molar-refractivity contribution in [2.45, 2.75) is 18.5 Å². The Hall–Kier alpha value is -3.68. The Balaban J connectivity index is 1.31. The third kappa shape index (κ3) is 3.26. The molecule has 3 saturated heterocycles. The van der Waals surface area contributed by atoms with Crippen LogP contribution >= 0.6 is 0 Å². The lowest BCUT2D eigenvalue weighted by atomic mass is 9.72. The molecule has 180 valence electrons. The molecule has 6 rings (SSSR count). The van der Waals surface area contributed by atoms with Crippen LogP contribution in [0.4, 0.5) is 10.5 Å². The first-order chi connectivity index (χ1) is 17.0. The van der Waals surface area contributed by atoms with Crippen molar-refractivity contribution in [1.29, 1.82) is 5.26 Å². The first-order valence-corrected chi connectivity index (χ1v) is 11.8. The molecule has 2 aromatic rings. The van der Waals surface area contributed by atoms with Gasteiger partial charge in [0.1, 0.15) is 0 Å². The van der Waals surface area contributed by atoms with Gasteiger partial charge >= 0.3 is 6.03 Å². The molecule has 1 aromatic heterocycles. The molecule has 3 fully saturated rings. The van der Waals surface area contributed by atoms with Crippen LogP contribution in [0.2, 0.25) is 0 Å². The van der Waals surface area contributed by atoms with Gasteiger partial charge in [-0.15, -0.1) is 0 Å². The molecule has 4 aliphatic rings. The van der Waals surface area contributed by atoms with Crippen LogP contribution in [0.1, 0.15) is 23.6 Å². The van der Waals surface area contributed by atoms with E-state index in [1.165, 1.54) is 0 Å². The molecular weight excluding hydrogens is 448 g/mol. The Morgan fingerprint density at radius 2 is 2.09 bits per heavy atom. The second kappa shape index (κ2) is 7.93. The number of carbonyl (C=O) groups is 2. The maximum absolute atomic E-state index is 13.6. The number of hydrogen-bond acceptors (Lipinski definition) is 7. The number of nitrogens with one attached hydrogen (secondary N) is 2. The van der Waals surface area contributed by atoms with Crippen molar-refractivity contribution in [2.75, 3.05) is 51.3 Å². The van der Waals surface area contributed by atoms with Crippen LogP contribution in [0.5, 0.6) is 5.88 Å². The number of benzene rings is 1. The smallest absolute Gasteiger partial charge is 0.318 e. The largest absolute Gasteiger partial charge is 0.478 e. The van der Waals surface area contributed by atoms with Crippen molar-refractivity contribution in [3.05, 3.63) is 53.2 Å². The number of rotatable bonds is 5. The molecule has 4 aliphatic heterocycles. The maximum Gasteiger partial charge on any atom is 0.318 e. The summed E-state index contributed by atoms with van der Waals surface area (Å²) in [5.74, 6) is -0.155. The van der Waals surface area contributed by atoms with Crippen molar-refractivity contribution >= 4 is 17.6 Å². The summed E-state index contributed by atoms with van der Waals surface area (Å²) in [6, 6.07) is 10.7. The van der Waals surface area contributed by atoms with Crippen molar-refractivity contribution in [3.63, 3.8) is 0 Å². The summed E-state index contributed by atoms with van der Waals surface area (Å²) in [7, 11) is 0. The van der Waals surface area contributed by atoms with Gasteiger partial charge in [-0.05, 0) is 37.3 Å². The molecule has 0 radical (unpaired) electrons. The average Bonchev–Trinajstić information content (AvgIpc) is 3.04. The van der Waals surface area contributed by atoms with Gasteiger partial charge in [-0.2, -0.15) is 5.26 Å². The number of urea groups is 1.